The van der Waals surface area contributed by atoms with Crippen molar-refractivity contribution in [3.05, 3.63) is 62.7 Å². The molecule has 2 aromatic rings. The minimum Gasteiger partial charge on any atom is -0.467 e. The molecular formula is C17H17IN2O3. The second-order valence-electron chi connectivity index (χ2n) is 5.31. The Hall–Kier alpha value is -1.64. The lowest BCUT2D eigenvalue weighted by Gasteiger charge is -2.25. The number of fused-ring (bicyclic) bond motifs is 1. The molecule has 120 valence electrons. The Labute approximate surface area is 148 Å². The number of hydrogen-bond donors (Lipinski definition) is 2. The average molecular weight is 424 g/mol. The Morgan fingerprint density at radius 1 is 1.26 bits per heavy atom. The van der Waals surface area contributed by atoms with Gasteiger partial charge in [-0.3, -0.25) is 10.2 Å². The molecule has 1 amide bonds. The number of ether oxygens (including phenoxy) is 2. The summed E-state index contributed by atoms with van der Waals surface area (Å²) in [4.78, 5) is 11.9. The number of benzene rings is 2. The fourth-order valence-electron chi connectivity index (χ4n) is 2.79. The first-order valence-corrected chi connectivity index (χ1v) is 8.34. The maximum atomic E-state index is 11.9. The van der Waals surface area contributed by atoms with E-state index in [1.807, 2.05) is 42.5 Å². The van der Waals surface area contributed by atoms with Crippen LogP contribution in [0.3, 0.4) is 0 Å². The van der Waals surface area contributed by atoms with Gasteiger partial charge in [0, 0.05) is 21.5 Å². The fourth-order valence-corrected chi connectivity index (χ4v) is 3.15. The van der Waals surface area contributed by atoms with E-state index in [0.29, 0.717) is 6.61 Å². The van der Waals surface area contributed by atoms with Crippen molar-refractivity contribution >= 4 is 28.5 Å². The molecule has 0 aliphatic carbocycles. The molecule has 3 rings (SSSR count). The Morgan fingerprint density at radius 3 is 2.78 bits per heavy atom. The van der Waals surface area contributed by atoms with Crippen molar-refractivity contribution in [1.82, 2.24) is 5.43 Å². The van der Waals surface area contributed by atoms with Gasteiger partial charge >= 0.3 is 0 Å². The van der Waals surface area contributed by atoms with E-state index in [1.54, 1.807) is 0 Å². The largest absolute Gasteiger partial charge is 0.467 e. The van der Waals surface area contributed by atoms with Crippen LogP contribution < -0.4 is 16.0 Å². The third-order valence-corrected chi connectivity index (χ3v) is 4.63. The molecule has 1 aliphatic rings. The third-order valence-electron chi connectivity index (χ3n) is 3.91. The van der Waals surface area contributed by atoms with Crippen LogP contribution in [0.2, 0.25) is 0 Å². The van der Waals surface area contributed by atoms with Crippen LogP contribution in [0, 0.1) is 3.57 Å². The molecular weight excluding hydrogens is 407 g/mol. The molecule has 3 N–H and O–H groups in total. The van der Waals surface area contributed by atoms with Crippen LogP contribution in [0.1, 0.15) is 29.0 Å². The lowest BCUT2D eigenvalue weighted by Crippen LogP contribution is -2.31. The summed E-state index contributed by atoms with van der Waals surface area (Å²) in [6, 6.07) is 14.0. The Kier molecular flexibility index (Phi) is 5.14. The van der Waals surface area contributed by atoms with Gasteiger partial charge in [-0.05, 0) is 51.9 Å². The van der Waals surface area contributed by atoms with Crippen LogP contribution in [0.15, 0.2) is 42.5 Å². The Balaban J connectivity index is 2.04. The minimum absolute atomic E-state index is 0.101. The van der Waals surface area contributed by atoms with Crippen molar-refractivity contribution in [2.45, 2.75) is 18.9 Å². The average Bonchev–Trinajstić information content (AvgIpc) is 2.60. The van der Waals surface area contributed by atoms with Crippen molar-refractivity contribution in [2.24, 2.45) is 5.84 Å². The van der Waals surface area contributed by atoms with E-state index in [-0.39, 0.29) is 25.0 Å². The van der Waals surface area contributed by atoms with E-state index in [1.165, 1.54) is 0 Å². The monoisotopic (exact) mass is 424 g/mol. The van der Waals surface area contributed by atoms with E-state index in [2.05, 4.69) is 28.0 Å². The van der Waals surface area contributed by atoms with Gasteiger partial charge in [-0.25, -0.2) is 5.84 Å². The second kappa shape index (κ2) is 7.29. The van der Waals surface area contributed by atoms with E-state index >= 15 is 0 Å². The number of amides is 1. The van der Waals surface area contributed by atoms with Crippen molar-refractivity contribution in [2.75, 3.05) is 6.79 Å². The zero-order valence-corrected chi connectivity index (χ0v) is 14.6. The molecule has 1 atom stereocenters. The minimum atomic E-state index is -0.205. The SMILES string of the molecule is NNC(=O)CC(c1ccc(I)cc1)c1cccc2c1COCO2. The summed E-state index contributed by atoms with van der Waals surface area (Å²) >= 11 is 2.26. The summed E-state index contributed by atoms with van der Waals surface area (Å²) in [6.45, 7) is 0.741. The van der Waals surface area contributed by atoms with E-state index in [9.17, 15) is 4.79 Å². The van der Waals surface area contributed by atoms with Crippen LogP contribution in [-0.2, 0) is 16.1 Å². The summed E-state index contributed by atoms with van der Waals surface area (Å²) in [5.74, 6) is 5.80. The molecule has 0 bridgehead atoms. The highest BCUT2D eigenvalue weighted by Crippen LogP contribution is 2.36. The normalized spacial score (nSPS) is 14.5. The number of rotatable bonds is 4. The predicted molar refractivity (Wildman–Crippen MR) is 94.7 cm³/mol. The van der Waals surface area contributed by atoms with E-state index in [4.69, 9.17) is 15.3 Å². The first-order valence-electron chi connectivity index (χ1n) is 7.26. The predicted octanol–water partition coefficient (Wildman–Crippen LogP) is 2.67. The molecule has 5 nitrogen and oxygen atoms in total. The summed E-state index contributed by atoms with van der Waals surface area (Å²) in [6.07, 6.45) is 0.271. The molecule has 0 saturated carbocycles. The second-order valence-corrected chi connectivity index (χ2v) is 6.56. The first kappa shape index (κ1) is 16.2. The standard InChI is InChI=1S/C17H17IN2O3/c18-12-6-4-11(5-7-12)14(8-17(21)20-19)13-2-1-3-16-15(13)9-22-10-23-16/h1-7,14H,8-10,19H2,(H,20,21). The van der Waals surface area contributed by atoms with Gasteiger partial charge in [0.05, 0.1) is 6.61 Å². The highest BCUT2D eigenvalue weighted by molar-refractivity contribution is 14.1. The Morgan fingerprint density at radius 2 is 2.04 bits per heavy atom. The molecule has 6 heteroatoms. The highest BCUT2D eigenvalue weighted by Gasteiger charge is 2.24. The molecule has 0 saturated heterocycles. The number of hydrazine groups is 1. The van der Waals surface area contributed by atoms with Gasteiger partial charge < -0.3 is 9.47 Å². The highest BCUT2D eigenvalue weighted by atomic mass is 127. The molecule has 1 unspecified atom stereocenters. The zero-order valence-electron chi connectivity index (χ0n) is 12.4. The van der Waals surface area contributed by atoms with Crippen molar-refractivity contribution < 1.29 is 14.3 Å². The quantitative estimate of drug-likeness (QED) is 0.343. The number of halogens is 1. The molecule has 23 heavy (non-hydrogen) atoms. The van der Waals surface area contributed by atoms with Gasteiger partial charge in [0.1, 0.15) is 5.75 Å². The fraction of sp³-hybridized carbons (Fsp3) is 0.235. The van der Waals surface area contributed by atoms with Gasteiger partial charge in [-0.1, -0.05) is 24.3 Å². The first-order chi connectivity index (χ1) is 11.2. The van der Waals surface area contributed by atoms with Crippen molar-refractivity contribution in [3.63, 3.8) is 0 Å². The van der Waals surface area contributed by atoms with Crippen LogP contribution in [0.25, 0.3) is 0 Å². The molecule has 2 aromatic carbocycles. The van der Waals surface area contributed by atoms with Gasteiger partial charge in [0.25, 0.3) is 0 Å². The summed E-state index contributed by atoms with van der Waals surface area (Å²) < 4.78 is 12.1. The number of nitrogens with two attached hydrogens (primary N) is 1. The lowest BCUT2D eigenvalue weighted by atomic mass is 9.85. The number of hydrogen-bond acceptors (Lipinski definition) is 4. The smallest absolute Gasteiger partial charge is 0.234 e. The molecule has 0 spiro atoms. The summed E-state index contributed by atoms with van der Waals surface area (Å²) in [7, 11) is 0. The zero-order chi connectivity index (χ0) is 16.2. The third kappa shape index (κ3) is 3.65. The van der Waals surface area contributed by atoms with E-state index < -0.39 is 0 Å². The van der Waals surface area contributed by atoms with E-state index in [0.717, 1.165) is 26.0 Å². The number of nitrogens with one attached hydrogen (secondary N) is 1. The van der Waals surface area contributed by atoms with Crippen LogP contribution in [-0.4, -0.2) is 12.7 Å². The Bertz CT molecular complexity index is 703. The molecule has 1 heterocycles. The van der Waals surface area contributed by atoms with Gasteiger partial charge in [-0.2, -0.15) is 0 Å². The maximum Gasteiger partial charge on any atom is 0.234 e. The van der Waals surface area contributed by atoms with Gasteiger partial charge in [0.15, 0.2) is 6.79 Å². The molecule has 1 aliphatic heterocycles. The lowest BCUT2D eigenvalue weighted by molar-refractivity contribution is -0.121. The van der Waals surface area contributed by atoms with Gasteiger partial charge in [-0.15, -0.1) is 0 Å². The van der Waals surface area contributed by atoms with Gasteiger partial charge in [0.2, 0.25) is 5.91 Å². The van der Waals surface area contributed by atoms with Crippen molar-refractivity contribution in [1.29, 1.82) is 0 Å². The van der Waals surface area contributed by atoms with Crippen LogP contribution >= 0.6 is 22.6 Å². The topological polar surface area (TPSA) is 73.6 Å². The summed E-state index contributed by atoms with van der Waals surface area (Å²) in [5.41, 5.74) is 5.31. The maximum absolute atomic E-state index is 11.9. The van der Waals surface area contributed by atoms with Crippen molar-refractivity contribution in [3.8, 4) is 5.75 Å². The molecule has 0 aromatic heterocycles. The molecule has 0 fully saturated rings. The number of carbonyl (C=O) groups is 1. The van der Waals surface area contributed by atoms with Crippen LogP contribution in [0.4, 0.5) is 0 Å². The summed E-state index contributed by atoms with van der Waals surface area (Å²) in [5, 5.41) is 0. The molecule has 0 radical (unpaired) electrons. The van der Waals surface area contributed by atoms with Crippen LogP contribution in [0.5, 0.6) is 5.75 Å². The number of carbonyl (C=O) groups excluding carboxylic acids is 1.